The summed E-state index contributed by atoms with van der Waals surface area (Å²) in [6.07, 6.45) is 2.10. The number of anilines is 1. The van der Waals surface area contributed by atoms with Crippen LogP contribution >= 0.6 is 0 Å². The van der Waals surface area contributed by atoms with Crippen LogP contribution in [-0.4, -0.2) is 55.2 Å². The van der Waals surface area contributed by atoms with Crippen molar-refractivity contribution in [1.82, 2.24) is 9.80 Å². The van der Waals surface area contributed by atoms with Crippen molar-refractivity contribution in [3.05, 3.63) is 41.7 Å². The molecule has 24 heavy (non-hydrogen) atoms. The Kier molecular flexibility index (Phi) is 5.48. The van der Waals surface area contributed by atoms with Gasteiger partial charge in [0.05, 0.1) is 19.8 Å². The second-order valence-corrected chi connectivity index (χ2v) is 6.24. The Morgan fingerprint density at radius 2 is 1.92 bits per heavy atom. The van der Waals surface area contributed by atoms with Crippen molar-refractivity contribution in [3.8, 4) is 0 Å². The number of urea groups is 1. The first-order chi connectivity index (χ1) is 11.6. The van der Waals surface area contributed by atoms with Gasteiger partial charge in [0, 0.05) is 31.4 Å². The van der Waals surface area contributed by atoms with Crippen LogP contribution in [0.5, 0.6) is 0 Å². The van der Waals surface area contributed by atoms with Gasteiger partial charge < -0.3 is 15.0 Å². The number of nitrogens with one attached hydrogen (secondary N) is 1. The van der Waals surface area contributed by atoms with Crippen LogP contribution in [0, 0.1) is 0 Å². The Labute approximate surface area is 142 Å². The fraction of sp³-hybridized carbons (Fsp3) is 0.500. The van der Waals surface area contributed by atoms with Gasteiger partial charge in [0.15, 0.2) is 0 Å². The number of hydrogen-bond acceptors (Lipinski definition) is 3. The van der Waals surface area contributed by atoms with Crippen molar-refractivity contribution in [2.75, 3.05) is 44.7 Å². The molecular weight excluding hydrogens is 309 g/mol. The summed E-state index contributed by atoms with van der Waals surface area (Å²) in [7, 11) is 0. The first kappa shape index (κ1) is 16.9. The molecule has 0 aromatic heterocycles. The maximum Gasteiger partial charge on any atom is 0.322 e. The van der Waals surface area contributed by atoms with E-state index in [0.29, 0.717) is 19.0 Å². The normalized spacial score (nSPS) is 20.4. The van der Waals surface area contributed by atoms with Crippen molar-refractivity contribution in [3.63, 3.8) is 0 Å². The Balaban J connectivity index is 1.58. The fourth-order valence-electron chi connectivity index (χ4n) is 3.10. The fourth-order valence-corrected chi connectivity index (χ4v) is 3.10. The average Bonchev–Trinajstić information content (AvgIpc) is 2.62. The van der Waals surface area contributed by atoms with Crippen LogP contribution in [0.1, 0.15) is 24.9 Å². The molecule has 2 aliphatic heterocycles. The Bertz CT molecular complexity index is 597. The van der Waals surface area contributed by atoms with E-state index >= 15 is 0 Å². The monoisotopic (exact) mass is 333 g/mol. The summed E-state index contributed by atoms with van der Waals surface area (Å²) in [5, 5.41) is 2.84. The molecule has 0 bridgehead atoms. The van der Waals surface area contributed by atoms with Gasteiger partial charge in [-0.1, -0.05) is 12.1 Å². The van der Waals surface area contributed by atoms with Crippen LogP contribution in [0.25, 0.3) is 0 Å². The molecule has 0 radical (unpaired) electrons. The van der Waals surface area contributed by atoms with Gasteiger partial charge in [-0.25, -0.2) is 9.18 Å². The largest absolute Gasteiger partial charge is 0.379 e. The van der Waals surface area contributed by atoms with Crippen molar-refractivity contribution in [2.45, 2.75) is 19.4 Å². The average molecular weight is 333 g/mol. The quantitative estimate of drug-likeness (QED) is 0.924. The van der Waals surface area contributed by atoms with Crippen LogP contribution in [0.3, 0.4) is 0 Å². The van der Waals surface area contributed by atoms with Crippen molar-refractivity contribution < 1.29 is 13.9 Å². The van der Waals surface area contributed by atoms with E-state index in [2.05, 4.69) is 17.1 Å². The van der Waals surface area contributed by atoms with Gasteiger partial charge in [0.1, 0.15) is 5.83 Å². The SMILES string of the molecule is C[C@@H](c1ccc(NC(=O)N2CCC=C(F)C2)cc1)N1CCOCC1. The summed E-state index contributed by atoms with van der Waals surface area (Å²) in [5.74, 6) is -0.244. The van der Waals surface area contributed by atoms with Gasteiger partial charge in [-0.15, -0.1) is 0 Å². The highest BCUT2D eigenvalue weighted by molar-refractivity contribution is 5.89. The van der Waals surface area contributed by atoms with Crippen molar-refractivity contribution >= 4 is 11.7 Å². The van der Waals surface area contributed by atoms with E-state index in [4.69, 9.17) is 4.74 Å². The van der Waals surface area contributed by atoms with Gasteiger partial charge >= 0.3 is 6.03 Å². The molecule has 2 aliphatic rings. The second kappa shape index (κ2) is 7.77. The molecule has 1 aromatic carbocycles. The number of benzene rings is 1. The van der Waals surface area contributed by atoms with E-state index < -0.39 is 0 Å². The number of halogens is 1. The lowest BCUT2D eigenvalue weighted by molar-refractivity contribution is 0.0198. The summed E-state index contributed by atoms with van der Waals surface area (Å²) in [6, 6.07) is 7.94. The number of carbonyl (C=O) groups is 1. The third-order valence-corrected chi connectivity index (χ3v) is 4.63. The van der Waals surface area contributed by atoms with Crippen LogP contribution < -0.4 is 5.32 Å². The summed E-state index contributed by atoms with van der Waals surface area (Å²) >= 11 is 0. The number of hydrogen-bond donors (Lipinski definition) is 1. The minimum absolute atomic E-state index is 0.0536. The zero-order valence-corrected chi connectivity index (χ0v) is 14.0. The van der Waals surface area contributed by atoms with Crippen molar-refractivity contribution in [1.29, 1.82) is 0 Å². The molecule has 0 unspecified atom stereocenters. The van der Waals surface area contributed by atoms with Crippen molar-refractivity contribution in [2.24, 2.45) is 0 Å². The first-order valence-electron chi connectivity index (χ1n) is 8.46. The van der Waals surface area contributed by atoms with Gasteiger partial charge in [-0.3, -0.25) is 4.90 Å². The highest BCUT2D eigenvalue weighted by atomic mass is 19.1. The molecule has 6 heteroatoms. The zero-order valence-electron chi connectivity index (χ0n) is 14.0. The van der Waals surface area contributed by atoms with E-state index in [1.807, 2.05) is 24.3 Å². The molecule has 0 saturated carbocycles. The van der Waals surface area contributed by atoms with Gasteiger partial charge in [0.25, 0.3) is 0 Å². The predicted octanol–water partition coefficient (Wildman–Crippen LogP) is 3.17. The first-order valence-corrected chi connectivity index (χ1v) is 8.46. The lowest BCUT2D eigenvalue weighted by atomic mass is 10.1. The van der Waals surface area contributed by atoms with Crippen LogP contribution in [0.4, 0.5) is 14.9 Å². The number of nitrogens with zero attached hydrogens (tertiary/aromatic N) is 2. The molecule has 3 rings (SSSR count). The number of rotatable bonds is 3. The zero-order chi connectivity index (χ0) is 16.9. The van der Waals surface area contributed by atoms with E-state index in [1.54, 1.807) is 0 Å². The summed E-state index contributed by atoms with van der Waals surface area (Å²) < 4.78 is 18.7. The second-order valence-electron chi connectivity index (χ2n) is 6.24. The van der Waals surface area contributed by atoms with Gasteiger partial charge in [-0.05, 0) is 37.1 Å². The molecule has 0 aliphatic carbocycles. The summed E-state index contributed by atoms with van der Waals surface area (Å²) in [5.41, 5.74) is 1.94. The molecule has 2 amide bonds. The lowest BCUT2D eigenvalue weighted by Crippen LogP contribution is -2.38. The molecule has 2 heterocycles. The maximum absolute atomic E-state index is 13.3. The number of ether oxygens (including phenoxy) is 1. The molecule has 0 spiro atoms. The maximum atomic E-state index is 13.3. The standard InChI is InChI=1S/C18H24FN3O2/c1-14(21-9-11-24-12-10-21)15-4-6-17(7-5-15)20-18(23)22-8-2-3-16(19)13-22/h3-7,14H,2,8-13H2,1H3,(H,20,23)/t14-/m0/s1. The molecule has 1 aromatic rings. The van der Waals surface area contributed by atoms with E-state index in [-0.39, 0.29) is 18.4 Å². The molecule has 1 atom stereocenters. The Morgan fingerprint density at radius 3 is 2.58 bits per heavy atom. The highest BCUT2D eigenvalue weighted by Crippen LogP contribution is 2.23. The molecular formula is C18H24FN3O2. The number of carbonyl (C=O) groups excluding carboxylic acids is 1. The third-order valence-electron chi connectivity index (χ3n) is 4.63. The number of amides is 2. The van der Waals surface area contributed by atoms with E-state index in [1.165, 1.54) is 16.5 Å². The lowest BCUT2D eigenvalue weighted by Gasteiger charge is -2.32. The Morgan fingerprint density at radius 1 is 1.21 bits per heavy atom. The van der Waals surface area contributed by atoms with Gasteiger partial charge in [-0.2, -0.15) is 0 Å². The summed E-state index contributed by atoms with van der Waals surface area (Å²) in [6.45, 7) is 6.21. The van der Waals surface area contributed by atoms with E-state index in [0.717, 1.165) is 32.0 Å². The highest BCUT2D eigenvalue weighted by Gasteiger charge is 2.20. The number of morpholine rings is 1. The summed E-state index contributed by atoms with van der Waals surface area (Å²) in [4.78, 5) is 16.1. The predicted molar refractivity (Wildman–Crippen MR) is 91.6 cm³/mol. The minimum atomic E-state index is -0.257. The molecule has 130 valence electrons. The molecule has 5 nitrogen and oxygen atoms in total. The van der Waals surface area contributed by atoms with Crippen LogP contribution in [0.2, 0.25) is 0 Å². The molecule has 1 saturated heterocycles. The van der Waals surface area contributed by atoms with Gasteiger partial charge in [0.2, 0.25) is 0 Å². The smallest absolute Gasteiger partial charge is 0.322 e. The Hall–Kier alpha value is -1.92. The minimum Gasteiger partial charge on any atom is -0.379 e. The topological polar surface area (TPSA) is 44.8 Å². The molecule has 1 fully saturated rings. The van der Waals surface area contributed by atoms with Crippen LogP contribution in [0.15, 0.2) is 36.2 Å². The molecule has 1 N–H and O–H groups in total. The third kappa shape index (κ3) is 4.13. The van der Waals surface area contributed by atoms with E-state index in [9.17, 15) is 9.18 Å². The van der Waals surface area contributed by atoms with Crippen LogP contribution in [-0.2, 0) is 4.74 Å².